The summed E-state index contributed by atoms with van der Waals surface area (Å²) in [7, 11) is 0. The van der Waals surface area contributed by atoms with E-state index < -0.39 is 0 Å². The Kier molecular flexibility index (Phi) is 4.38. The smallest absolute Gasteiger partial charge is 0.0700 e. The first kappa shape index (κ1) is 17.1. The number of nitrogens with zero attached hydrogens (tertiary/aromatic N) is 2. The Bertz CT molecular complexity index is 1080. The summed E-state index contributed by atoms with van der Waals surface area (Å²) in [5, 5.41) is 0. The van der Waals surface area contributed by atoms with Crippen molar-refractivity contribution in [3.63, 3.8) is 0 Å². The molecule has 0 amide bonds. The van der Waals surface area contributed by atoms with E-state index in [1.165, 1.54) is 28.3 Å². The molecular weight excluding hydrogens is 408 g/mol. The highest BCUT2D eigenvalue weighted by molar-refractivity contribution is 9.10. The molecular formula is C25H19BrN2. The third kappa shape index (κ3) is 2.88. The van der Waals surface area contributed by atoms with Gasteiger partial charge in [-0.3, -0.25) is 0 Å². The first-order chi connectivity index (χ1) is 13.8. The molecule has 0 radical (unpaired) electrons. The normalized spacial score (nSPS) is 12.5. The van der Waals surface area contributed by atoms with Gasteiger partial charge in [-0.25, -0.2) is 0 Å². The fourth-order valence-electron chi connectivity index (χ4n) is 3.85. The van der Waals surface area contributed by atoms with Gasteiger partial charge in [0.2, 0.25) is 0 Å². The van der Waals surface area contributed by atoms with E-state index in [2.05, 4.69) is 129 Å². The lowest BCUT2D eigenvalue weighted by Crippen LogP contribution is -2.26. The second-order valence-electron chi connectivity index (χ2n) is 6.84. The maximum atomic E-state index is 3.75. The minimum atomic E-state index is 0.832. The number of para-hydroxylation sites is 5. The van der Waals surface area contributed by atoms with Crippen LogP contribution >= 0.6 is 15.9 Å². The van der Waals surface area contributed by atoms with E-state index in [4.69, 9.17) is 0 Å². The van der Waals surface area contributed by atoms with Gasteiger partial charge in [-0.15, -0.1) is 0 Å². The fraction of sp³-hybridized carbons (Fsp3) is 0.0400. The zero-order valence-corrected chi connectivity index (χ0v) is 16.9. The van der Waals surface area contributed by atoms with Crippen molar-refractivity contribution < 1.29 is 0 Å². The molecule has 0 bridgehead atoms. The average molecular weight is 427 g/mol. The Hall–Kier alpha value is -3.04. The molecule has 0 saturated carbocycles. The number of benzene rings is 4. The van der Waals surface area contributed by atoms with Crippen LogP contribution in [0.1, 0.15) is 5.56 Å². The van der Waals surface area contributed by atoms with Gasteiger partial charge >= 0.3 is 0 Å². The maximum absolute atomic E-state index is 3.75. The topological polar surface area (TPSA) is 6.48 Å². The number of fused-ring (bicyclic) bond motifs is 2. The number of hydrogen-bond acceptors (Lipinski definition) is 2. The fourth-order valence-corrected chi connectivity index (χ4v) is 4.31. The SMILES string of the molecule is Brc1ccccc1N1c2ccccc2N(Cc2ccccc2)c2ccccc21. The molecule has 4 aromatic rings. The molecule has 5 rings (SSSR count). The van der Waals surface area contributed by atoms with Crippen molar-refractivity contribution >= 4 is 44.4 Å². The lowest BCUT2D eigenvalue weighted by molar-refractivity contribution is 0.956. The zero-order chi connectivity index (χ0) is 18.9. The summed E-state index contributed by atoms with van der Waals surface area (Å²) in [5.41, 5.74) is 7.22. The van der Waals surface area contributed by atoms with Gasteiger partial charge in [0.25, 0.3) is 0 Å². The number of rotatable bonds is 3. The van der Waals surface area contributed by atoms with Crippen LogP contribution < -0.4 is 9.80 Å². The molecule has 0 saturated heterocycles. The standard InChI is InChI=1S/C25H19BrN2/c26-20-12-4-5-13-21(20)28-24-16-8-6-14-22(24)27(18-19-10-2-1-3-11-19)23-15-7-9-17-25(23)28/h1-17H,18H2. The first-order valence-corrected chi connectivity index (χ1v) is 10.2. The molecule has 1 aliphatic rings. The Morgan fingerprint density at radius 1 is 0.500 bits per heavy atom. The molecule has 0 spiro atoms. The van der Waals surface area contributed by atoms with Gasteiger partial charge < -0.3 is 9.80 Å². The molecule has 0 aromatic heterocycles. The van der Waals surface area contributed by atoms with Gasteiger partial charge in [0.05, 0.1) is 28.4 Å². The van der Waals surface area contributed by atoms with Crippen molar-refractivity contribution in [2.24, 2.45) is 0 Å². The quantitative estimate of drug-likeness (QED) is 0.333. The first-order valence-electron chi connectivity index (χ1n) is 9.37. The Labute approximate surface area is 173 Å². The monoisotopic (exact) mass is 426 g/mol. The Morgan fingerprint density at radius 3 is 1.54 bits per heavy atom. The van der Waals surface area contributed by atoms with Crippen molar-refractivity contribution in [2.75, 3.05) is 9.80 Å². The van der Waals surface area contributed by atoms with Crippen LogP contribution in [0.4, 0.5) is 28.4 Å². The van der Waals surface area contributed by atoms with Crippen LogP contribution in [0.25, 0.3) is 0 Å². The summed E-state index contributed by atoms with van der Waals surface area (Å²) in [5.74, 6) is 0. The summed E-state index contributed by atoms with van der Waals surface area (Å²) >= 11 is 3.75. The van der Waals surface area contributed by atoms with E-state index in [0.717, 1.165) is 16.7 Å². The van der Waals surface area contributed by atoms with E-state index >= 15 is 0 Å². The van der Waals surface area contributed by atoms with Gasteiger partial charge in [0.1, 0.15) is 0 Å². The van der Waals surface area contributed by atoms with Crippen molar-refractivity contribution in [3.05, 3.63) is 113 Å². The van der Waals surface area contributed by atoms with Crippen molar-refractivity contribution in [1.29, 1.82) is 0 Å². The largest absolute Gasteiger partial charge is 0.334 e. The van der Waals surface area contributed by atoms with Crippen LogP contribution in [-0.2, 0) is 6.54 Å². The van der Waals surface area contributed by atoms with E-state index in [1.807, 2.05) is 0 Å². The molecule has 0 N–H and O–H groups in total. The highest BCUT2D eigenvalue weighted by Crippen LogP contribution is 2.52. The van der Waals surface area contributed by atoms with Crippen LogP contribution in [0, 0.1) is 0 Å². The number of anilines is 5. The summed E-state index contributed by atoms with van der Waals surface area (Å²) in [6.07, 6.45) is 0. The molecule has 136 valence electrons. The van der Waals surface area contributed by atoms with Gasteiger partial charge in [0.15, 0.2) is 0 Å². The predicted molar refractivity (Wildman–Crippen MR) is 121 cm³/mol. The van der Waals surface area contributed by atoms with Crippen molar-refractivity contribution in [2.45, 2.75) is 6.54 Å². The summed E-state index contributed by atoms with van der Waals surface area (Å²) in [6, 6.07) is 36.3. The molecule has 2 nitrogen and oxygen atoms in total. The predicted octanol–water partition coefficient (Wildman–Crippen LogP) is 7.57. The highest BCUT2D eigenvalue weighted by Gasteiger charge is 2.29. The van der Waals surface area contributed by atoms with Crippen molar-refractivity contribution in [3.8, 4) is 0 Å². The molecule has 1 aliphatic heterocycles. The number of hydrogen-bond donors (Lipinski definition) is 0. The molecule has 0 aliphatic carbocycles. The van der Waals surface area contributed by atoms with E-state index in [1.54, 1.807) is 0 Å². The van der Waals surface area contributed by atoms with E-state index in [0.29, 0.717) is 0 Å². The van der Waals surface area contributed by atoms with E-state index in [9.17, 15) is 0 Å². The second kappa shape index (κ2) is 7.17. The molecule has 28 heavy (non-hydrogen) atoms. The summed E-state index contributed by atoms with van der Waals surface area (Å²) in [6.45, 7) is 0.832. The summed E-state index contributed by atoms with van der Waals surface area (Å²) < 4.78 is 1.08. The van der Waals surface area contributed by atoms with Gasteiger partial charge in [-0.2, -0.15) is 0 Å². The second-order valence-corrected chi connectivity index (χ2v) is 7.69. The Morgan fingerprint density at radius 2 is 0.964 bits per heavy atom. The minimum absolute atomic E-state index is 0.832. The lowest BCUT2D eigenvalue weighted by atomic mass is 10.0. The van der Waals surface area contributed by atoms with Crippen molar-refractivity contribution in [1.82, 2.24) is 0 Å². The maximum Gasteiger partial charge on any atom is 0.0700 e. The third-order valence-corrected chi connectivity index (χ3v) is 5.77. The lowest BCUT2D eigenvalue weighted by Gasteiger charge is -2.40. The summed E-state index contributed by atoms with van der Waals surface area (Å²) in [4.78, 5) is 4.75. The molecule has 3 heteroatoms. The van der Waals surface area contributed by atoms with Gasteiger partial charge in [0, 0.05) is 11.0 Å². The van der Waals surface area contributed by atoms with Gasteiger partial charge in [-0.05, 0) is 57.9 Å². The van der Waals surface area contributed by atoms with E-state index in [-0.39, 0.29) is 0 Å². The number of halogens is 1. The van der Waals surface area contributed by atoms with Gasteiger partial charge in [-0.1, -0.05) is 66.7 Å². The zero-order valence-electron chi connectivity index (χ0n) is 15.3. The Balaban J connectivity index is 1.72. The van der Waals surface area contributed by atoms with Crippen LogP contribution in [-0.4, -0.2) is 0 Å². The van der Waals surface area contributed by atoms with Crippen LogP contribution in [0.3, 0.4) is 0 Å². The molecule has 1 heterocycles. The molecule has 0 unspecified atom stereocenters. The molecule has 0 atom stereocenters. The van der Waals surface area contributed by atoms with Crippen LogP contribution in [0.15, 0.2) is 108 Å². The average Bonchev–Trinajstić information content (AvgIpc) is 2.75. The van der Waals surface area contributed by atoms with Crippen LogP contribution in [0.2, 0.25) is 0 Å². The van der Waals surface area contributed by atoms with Crippen LogP contribution in [0.5, 0.6) is 0 Å². The molecule has 0 fully saturated rings. The third-order valence-electron chi connectivity index (χ3n) is 5.10. The molecule has 4 aromatic carbocycles. The minimum Gasteiger partial charge on any atom is -0.334 e. The highest BCUT2D eigenvalue weighted by atomic mass is 79.9.